The summed E-state index contributed by atoms with van der Waals surface area (Å²) >= 11 is 2.77. The molecular formula is C24H32N6O6S2. The summed E-state index contributed by atoms with van der Waals surface area (Å²) in [6, 6.07) is -0.779. The van der Waals surface area contributed by atoms with Crippen molar-refractivity contribution in [1.29, 1.82) is 0 Å². The molecule has 38 heavy (non-hydrogen) atoms. The van der Waals surface area contributed by atoms with Gasteiger partial charge in [0, 0.05) is 24.5 Å². The van der Waals surface area contributed by atoms with Gasteiger partial charge in [0.15, 0.2) is 0 Å². The first-order valence-corrected chi connectivity index (χ1v) is 14.4. The Labute approximate surface area is 228 Å². The second-order valence-electron chi connectivity index (χ2n) is 10.3. The number of ether oxygens (including phenoxy) is 1. The smallest absolute Gasteiger partial charge is 0.407 e. The number of thioether (sulfide) groups is 2. The number of H-pyrrole nitrogens is 1. The van der Waals surface area contributed by atoms with Gasteiger partial charge in [0.1, 0.15) is 27.7 Å². The molecule has 1 aromatic rings. The van der Waals surface area contributed by atoms with Gasteiger partial charge in [-0.3, -0.25) is 14.5 Å². The largest absolute Gasteiger partial charge is 0.477 e. The summed E-state index contributed by atoms with van der Waals surface area (Å²) in [5.41, 5.74) is 1.98. The fourth-order valence-corrected chi connectivity index (χ4v) is 6.85. The van der Waals surface area contributed by atoms with Crippen molar-refractivity contribution >= 4 is 47.4 Å². The molecule has 0 aromatic carbocycles. The van der Waals surface area contributed by atoms with Gasteiger partial charge in [-0.05, 0) is 52.0 Å². The highest BCUT2D eigenvalue weighted by Crippen LogP contribution is 2.41. The summed E-state index contributed by atoms with van der Waals surface area (Å²) in [5, 5.41) is 25.8. The van der Waals surface area contributed by atoms with Crippen LogP contribution in [0.3, 0.4) is 0 Å². The van der Waals surface area contributed by atoms with Crippen LogP contribution in [0, 0.1) is 0 Å². The van der Waals surface area contributed by atoms with Crippen LogP contribution < -0.4 is 10.6 Å². The van der Waals surface area contributed by atoms with Crippen LogP contribution in [0.25, 0.3) is 0 Å². The minimum Gasteiger partial charge on any atom is -0.477 e. The quantitative estimate of drug-likeness (QED) is 0.199. The summed E-state index contributed by atoms with van der Waals surface area (Å²) in [6.45, 7) is 5.70. The van der Waals surface area contributed by atoms with Crippen molar-refractivity contribution in [2.24, 2.45) is 0 Å². The number of carboxylic acid groups (broad SMARTS) is 1. The standard InChI is InChI=1S/C24H32N6O6S2/c1-24(2,3)36-23(35)25-9-14-7-5-4-6-13(14)8-16(31)27-18-20(32)30-19(22(33)34)15(12-38-21(18)30)11-37-17-10-26-29-28-17/h10,18,21H,4-9,11-12H2,1-3H3,(H,25,35)(H,27,31)(H,33,34)(H,26,28,29)/t18?,21-/m0/s1. The molecule has 3 amide bonds. The maximum atomic E-state index is 13.0. The molecule has 12 nitrogen and oxygen atoms in total. The second kappa shape index (κ2) is 11.8. The molecule has 0 bridgehead atoms. The third-order valence-electron chi connectivity index (χ3n) is 6.28. The lowest BCUT2D eigenvalue weighted by Gasteiger charge is -2.49. The maximum Gasteiger partial charge on any atom is 0.407 e. The second-order valence-corrected chi connectivity index (χ2v) is 12.4. The fourth-order valence-electron chi connectivity index (χ4n) is 4.58. The molecule has 1 aromatic heterocycles. The van der Waals surface area contributed by atoms with E-state index in [0.717, 1.165) is 36.8 Å². The van der Waals surface area contributed by atoms with Gasteiger partial charge < -0.3 is 20.5 Å². The van der Waals surface area contributed by atoms with E-state index in [0.29, 0.717) is 28.6 Å². The molecule has 0 spiro atoms. The highest BCUT2D eigenvalue weighted by atomic mass is 32.2. The first-order chi connectivity index (χ1) is 18.0. The van der Waals surface area contributed by atoms with Gasteiger partial charge in [-0.25, -0.2) is 9.59 Å². The first-order valence-electron chi connectivity index (χ1n) is 12.4. The van der Waals surface area contributed by atoms with E-state index in [-0.39, 0.29) is 18.0 Å². The average Bonchev–Trinajstić information content (AvgIpc) is 3.37. The molecular weight excluding hydrogens is 532 g/mol. The molecule has 3 aliphatic rings. The summed E-state index contributed by atoms with van der Waals surface area (Å²) in [5.74, 6) is -1.09. The van der Waals surface area contributed by atoms with Crippen LogP contribution >= 0.6 is 23.5 Å². The molecule has 1 unspecified atom stereocenters. The first kappa shape index (κ1) is 28.0. The van der Waals surface area contributed by atoms with Crippen molar-refractivity contribution in [2.45, 2.75) is 74.9 Å². The number of aromatic nitrogens is 3. The van der Waals surface area contributed by atoms with E-state index in [2.05, 4.69) is 26.0 Å². The lowest BCUT2D eigenvalue weighted by Crippen LogP contribution is -2.70. The Morgan fingerprint density at radius 3 is 2.63 bits per heavy atom. The lowest BCUT2D eigenvalue weighted by atomic mass is 9.89. The van der Waals surface area contributed by atoms with E-state index < -0.39 is 35.0 Å². The zero-order chi connectivity index (χ0) is 27.4. The molecule has 4 N–H and O–H groups in total. The Morgan fingerprint density at radius 2 is 1.97 bits per heavy atom. The summed E-state index contributed by atoms with van der Waals surface area (Å²) in [4.78, 5) is 51.3. The number of β-lactam (4-membered cyclic amide) rings is 1. The van der Waals surface area contributed by atoms with Crippen molar-refractivity contribution in [3.63, 3.8) is 0 Å². The fraction of sp³-hybridized carbons (Fsp3) is 0.583. The third kappa shape index (κ3) is 6.70. The Bertz CT molecular complexity index is 1160. The number of carbonyl (C=O) groups excluding carboxylic acids is 3. The summed E-state index contributed by atoms with van der Waals surface area (Å²) < 4.78 is 5.30. The molecule has 3 heterocycles. The number of carbonyl (C=O) groups is 4. The van der Waals surface area contributed by atoms with Gasteiger partial charge >= 0.3 is 12.1 Å². The number of carboxylic acids is 1. The van der Waals surface area contributed by atoms with Crippen molar-refractivity contribution < 1.29 is 29.0 Å². The normalized spacial score (nSPS) is 21.6. The Hall–Kier alpha value is -3.00. The third-order valence-corrected chi connectivity index (χ3v) is 8.60. The van der Waals surface area contributed by atoms with E-state index in [1.165, 1.54) is 28.4 Å². The monoisotopic (exact) mass is 564 g/mol. The molecule has 0 radical (unpaired) electrons. The molecule has 14 heteroatoms. The number of nitrogens with one attached hydrogen (secondary N) is 3. The number of fused-ring (bicyclic) bond motifs is 1. The van der Waals surface area contributed by atoms with Crippen LogP contribution in [-0.4, -0.2) is 84.4 Å². The van der Waals surface area contributed by atoms with Gasteiger partial charge in [-0.15, -0.1) is 16.9 Å². The molecule has 0 saturated carbocycles. The minimum absolute atomic E-state index is 0.0225. The van der Waals surface area contributed by atoms with E-state index in [4.69, 9.17) is 4.74 Å². The highest BCUT2D eigenvalue weighted by molar-refractivity contribution is 8.01. The van der Waals surface area contributed by atoms with Gasteiger partial charge in [0.05, 0.1) is 6.20 Å². The topological polar surface area (TPSA) is 167 Å². The van der Waals surface area contributed by atoms with Crippen molar-refractivity contribution in [3.8, 4) is 0 Å². The number of aliphatic carboxylic acids is 1. The van der Waals surface area contributed by atoms with E-state index >= 15 is 0 Å². The molecule has 206 valence electrons. The van der Waals surface area contributed by atoms with E-state index in [1.54, 1.807) is 27.0 Å². The molecule has 1 fully saturated rings. The highest BCUT2D eigenvalue weighted by Gasteiger charge is 2.54. The number of hydrogen-bond donors (Lipinski definition) is 4. The Kier molecular flexibility index (Phi) is 8.71. The maximum absolute atomic E-state index is 13.0. The van der Waals surface area contributed by atoms with Crippen LogP contribution in [0.4, 0.5) is 4.79 Å². The van der Waals surface area contributed by atoms with Gasteiger partial charge in [-0.1, -0.05) is 22.9 Å². The van der Waals surface area contributed by atoms with Gasteiger partial charge in [-0.2, -0.15) is 10.3 Å². The van der Waals surface area contributed by atoms with Crippen LogP contribution in [-0.2, 0) is 19.1 Å². The Morgan fingerprint density at radius 1 is 1.24 bits per heavy atom. The zero-order valence-corrected chi connectivity index (χ0v) is 23.2. The van der Waals surface area contributed by atoms with Crippen LogP contribution in [0.1, 0.15) is 52.9 Å². The molecule has 2 aliphatic heterocycles. The molecule has 4 rings (SSSR count). The average molecular weight is 565 g/mol. The SMILES string of the molecule is CC(C)(C)OC(=O)NCC1=C(CC(=O)NC2C(=O)N3C(C(=O)O)=C(CSc4cn[nH]n4)CS[C@@H]23)CCCC1. The van der Waals surface area contributed by atoms with Crippen LogP contribution in [0.15, 0.2) is 33.6 Å². The lowest BCUT2D eigenvalue weighted by molar-refractivity contribution is -0.150. The number of nitrogens with zero attached hydrogens (tertiary/aromatic N) is 3. The van der Waals surface area contributed by atoms with Crippen molar-refractivity contribution in [1.82, 2.24) is 30.9 Å². The van der Waals surface area contributed by atoms with E-state index in [9.17, 15) is 24.3 Å². The van der Waals surface area contributed by atoms with Gasteiger partial charge in [0.2, 0.25) is 5.91 Å². The van der Waals surface area contributed by atoms with Crippen LogP contribution in [0.5, 0.6) is 0 Å². The van der Waals surface area contributed by atoms with Crippen molar-refractivity contribution in [3.05, 3.63) is 28.6 Å². The van der Waals surface area contributed by atoms with Crippen molar-refractivity contribution in [2.75, 3.05) is 18.1 Å². The number of hydrogen-bond acceptors (Lipinski definition) is 9. The van der Waals surface area contributed by atoms with Crippen LogP contribution in [0.2, 0.25) is 0 Å². The predicted molar refractivity (Wildman–Crippen MR) is 141 cm³/mol. The Balaban J connectivity index is 1.36. The molecule has 1 aliphatic carbocycles. The minimum atomic E-state index is -1.17. The van der Waals surface area contributed by atoms with Gasteiger partial charge in [0.25, 0.3) is 5.91 Å². The number of alkyl carbamates (subject to hydrolysis) is 1. The number of amides is 3. The molecule has 2 atom stereocenters. The number of rotatable bonds is 9. The predicted octanol–water partition coefficient (Wildman–Crippen LogP) is 2.42. The van der Waals surface area contributed by atoms with E-state index in [1.807, 2.05) is 0 Å². The summed E-state index contributed by atoms with van der Waals surface area (Å²) in [6.07, 6.45) is 4.64. The summed E-state index contributed by atoms with van der Waals surface area (Å²) in [7, 11) is 0. The number of aromatic amines is 1. The zero-order valence-electron chi connectivity index (χ0n) is 21.5. The molecule has 1 saturated heterocycles.